The molecule has 2 aliphatic rings. The standard InChI is InChI=1S/C19H32N4O2/c1-15(2)18-13-21(7-6-19(24)23(18)11-16-4-5-16)12-17-10-20-14-22(17)8-9-25-3/h10,14-16,18H,4-9,11-13H2,1-3H3/t18-/m0/s1. The minimum atomic E-state index is 0.311. The number of rotatable bonds is 8. The van der Waals surface area contributed by atoms with E-state index >= 15 is 0 Å². The third-order valence-corrected chi connectivity index (χ3v) is 5.45. The Morgan fingerprint density at radius 2 is 2.16 bits per heavy atom. The SMILES string of the molecule is COCCn1cncc1CN1CCC(=O)N(CC2CC2)[C@H](C(C)C)C1. The number of methoxy groups -OCH3 is 1. The zero-order valence-electron chi connectivity index (χ0n) is 15.9. The van der Waals surface area contributed by atoms with Gasteiger partial charge in [-0.05, 0) is 24.7 Å². The van der Waals surface area contributed by atoms with Gasteiger partial charge < -0.3 is 14.2 Å². The summed E-state index contributed by atoms with van der Waals surface area (Å²) >= 11 is 0. The third kappa shape index (κ3) is 4.82. The van der Waals surface area contributed by atoms with Crippen molar-refractivity contribution >= 4 is 5.91 Å². The zero-order valence-corrected chi connectivity index (χ0v) is 15.9. The van der Waals surface area contributed by atoms with Crippen LogP contribution >= 0.6 is 0 Å². The lowest BCUT2D eigenvalue weighted by Crippen LogP contribution is -2.47. The van der Waals surface area contributed by atoms with Crippen LogP contribution in [-0.4, -0.2) is 64.7 Å². The highest BCUT2D eigenvalue weighted by atomic mass is 16.5. The molecule has 0 spiro atoms. The summed E-state index contributed by atoms with van der Waals surface area (Å²) in [6.45, 7) is 9.57. The molecular formula is C19H32N4O2. The summed E-state index contributed by atoms with van der Waals surface area (Å²) in [6, 6.07) is 0.311. The molecule has 1 aromatic rings. The van der Waals surface area contributed by atoms with E-state index < -0.39 is 0 Å². The number of imidazole rings is 1. The van der Waals surface area contributed by atoms with Gasteiger partial charge in [-0.1, -0.05) is 13.8 Å². The lowest BCUT2D eigenvalue weighted by molar-refractivity contribution is -0.133. The first-order valence-electron chi connectivity index (χ1n) is 9.58. The van der Waals surface area contributed by atoms with E-state index in [-0.39, 0.29) is 0 Å². The van der Waals surface area contributed by atoms with E-state index in [1.165, 1.54) is 18.5 Å². The number of hydrogen-bond acceptors (Lipinski definition) is 4. The van der Waals surface area contributed by atoms with Crippen LogP contribution in [0.15, 0.2) is 12.5 Å². The maximum absolute atomic E-state index is 12.7. The Bertz CT molecular complexity index is 568. The summed E-state index contributed by atoms with van der Waals surface area (Å²) in [7, 11) is 1.72. The van der Waals surface area contributed by atoms with Crippen LogP contribution in [0.1, 0.15) is 38.8 Å². The molecule has 25 heavy (non-hydrogen) atoms. The fraction of sp³-hybridized carbons (Fsp3) is 0.789. The number of ether oxygens (including phenoxy) is 1. The fourth-order valence-corrected chi connectivity index (χ4v) is 3.67. The van der Waals surface area contributed by atoms with Crippen molar-refractivity contribution in [2.24, 2.45) is 11.8 Å². The molecule has 1 saturated carbocycles. The van der Waals surface area contributed by atoms with Crippen molar-refractivity contribution in [3.63, 3.8) is 0 Å². The molecule has 1 aliphatic heterocycles. The molecule has 1 atom stereocenters. The van der Waals surface area contributed by atoms with Crippen LogP contribution in [0.3, 0.4) is 0 Å². The first-order chi connectivity index (χ1) is 12.1. The molecular weight excluding hydrogens is 316 g/mol. The second-order valence-electron chi connectivity index (χ2n) is 7.86. The van der Waals surface area contributed by atoms with Crippen molar-refractivity contribution in [3.8, 4) is 0 Å². The van der Waals surface area contributed by atoms with Crippen LogP contribution < -0.4 is 0 Å². The maximum atomic E-state index is 12.7. The Morgan fingerprint density at radius 3 is 2.84 bits per heavy atom. The molecule has 1 aliphatic carbocycles. The molecule has 140 valence electrons. The number of carbonyl (C=O) groups excluding carboxylic acids is 1. The quantitative estimate of drug-likeness (QED) is 0.721. The molecule has 0 aromatic carbocycles. The van der Waals surface area contributed by atoms with E-state index in [2.05, 4.69) is 33.2 Å². The van der Waals surface area contributed by atoms with E-state index in [4.69, 9.17) is 4.74 Å². The van der Waals surface area contributed by atoms with Gasteiger partial charge in [-0.25, -0.2) is 4.98 Å². The molecule has 6 heteroatoms. The van der Waals surface area contributed by atoms with Crippen LogP contribution in [0.2, 0.25) is 0 Å². The van der Waals surface area contributed by atoms with Crippen molar-refractivity contribution in [2.75, 3.05) is 33.4 Å². The highest BCUT2D eigenvalue weighted by Gasteiger charge is 2.35. The van der Waals surface area contributed by atoms with Crippen LogP contribution in [0.25, 0.3) is 0 Å². The van der Waals surface area contributed by atoms with Gasteiger partial charge in [0.2, 0.25) is 5.91 Å². The summed E-state index contributed by atoms with van der Waals surface area (Å²) in [6.07, 6.45) is 7.02. The van der Waals surface area contributed by atoms with Gasteiger partial charge >= 0.3 is 0 Å². The van der Waals surface area contributed by atoms with E-state index in [0.29, 0.717) is 30.9 Å². The van der Waals surface area contributed by atoms with Gasteiger partial charge in [-0.3, -0.25) is 9.69 Å². The van der Waals surface area contributed by atoms with Gasteiger partial charge in [-0.2, -0.15) is 0 Å². The van der Waals surface area contributed by atoms with E-state index in [1.807, 2.05) is 12.5 Å². The molecule has 0 bridgehead atoms. The van der Waals surface area contributed by atoms with Gasteiger partial charge in [0, 0.05) is 58.5 Å². The predicted molar refractivity (Wildman–Crippen MR) is 97.1 cm³/mol. The van der Waals surface area contributed by atoms with E-state index in [9.17, 15) is 4.79 Å². The molecule has 1 saturated heterocycles. The summed E-state index contributed by atoms with van der Waals surface area (Å²) in [4.78, 5) is 21.6. The Hall–Kier alpha value is -1.40. The maximum Gasteiger partial charge on any atom is 0.224 e. The molecule has 0 N–H and O–H groups in total. The highest BCUT2D eigenvalue weighted by molar-refractivity contribution is 5.77. The summed E-state index contributed by atoms with van der Waals surface area (Å²) in [5.74, 6) is 1.55. The van der Waals surface area contributed by atoms with Gasteiger partial charge in [0.1, 0.15) is 0 Å². The van der Waals surface area contributed by atoms with Crippen molar-refractivity contribution in [1.82, 2.24) is 19.4 Å². The second kappa shape index (κ2) is 8.32. The Balaban J connectivity index is 1.68. The number of hydrogen-bond donors (Lipinski definition) is 0. The number of nitrogens with zero attached hydrogens (tertiary/aromatic N) is 4. The van der Waals surface area contributed by atoms with Gasteiger partial charge in [0.15, 0.2) is 0 Å². The average Bonchev–Trinajstić information content (AvgIpc) is 3.33. The summed E-state index contributed by atoms with van der Waals surface area (Å²) in [5.41, 5.74) is 1.20. The first kappa shape index (κ1) is 18.4. The minimum Gasteiger partial charge on any atom is -0.383 e. The second-order valence-corrected chi connectivity index (χ2v) is 7.86. The van der Waals surface area contributed by atoms with Crippen molar-refractivity contribution in [1.29, 1.82) is 0 Å². The lowest BCUT2D eigenvalue weighted by Gasteiger charge is -2.35. The largest absolute Gasteiger partial charge is 0.383 e. The molecule has 6 nitrogen and oxygen atoms in total. The van der Waals surface area contributed by atoms with E-state index in [0.717, 1.165) is 38.6 Å². The normalized spacial score (nSPS) is 22.6. The van der Waals surface area contributed by atoms with Crippen LogP contribution in [0.5, 0.6) is 0 Å². The molecule has 2 heterocycles. The molecule has 2 fully saturated rings. The predicted octanol–water partition coefficient (Wildman–Crippen LogP) is 2.00. The van der Waals surface area contributed by atoms with Gasteiger partial charge in [0.05, 0.1) is 18.6 Å². The fourth-order valence-electron chi connectivity index (χ4n) is 3.67. The summed E-state index contributed by atoms with van der Waals surface area (Å²) in [5, 5.41) is 0. The van der Waals surface area contributed by atoms with E-state index in [1.54, 1.807) is 7.11 Å². The summed E-state index contributed by atoms with van der Waals surface area (Å²) < 4.78 is 7.34. The Kier molecular flexibility index (Phi) is 6.12. The smallest absolute Gasteiger partial charge is 0.224 e. The first-order valence-corrected chi connectivity index (χ1v) is 9.58. The monoisotopic (exact) mass is 348 g/mol. The zero-order chi connectivity index (χ0) is 17.8. The molecule has 1 amide bonds. The Labute approximate surface area is 151 Å². The molecule has 0 unspecified atom stereocenters. The number of amides is 1. The van der Waals surface area contributed by atoms with Crippen molar-refractivity contribution < 1.29 is 9.53 Å². The lowest BCUT2D eigenvalue weighted by atomic mass is 10.0. The van der Waals surface area contributed by atoms with Crippen LogP contribution in [-0.2, 0) is 22.6 Å². The Morgan fingerprint density at radius 1 is 1.36 bits per heavy atom. The van der Waals surface area contributed by atoms with Crippen LogP contribution in [0, 0.1) is 11.8 Å². The molecule has 3 rings (SSSR count). The van der Waals surface area contributed by atoms with Crippen molar-refractivity contribution in [3.05, 3.63) is 18.2 Å². The average molecular weight is 348 g/mol. The van der Waals surface area contributed by atoms with Crippen LogP contribution in [0.4, 0.5) is 0 Å². The van der Waals surface area contributed by atoms with Gasteiger partial charge in [0.25, 0.3) is 0 Å². The highest BCUT2D eigenvalue weighted by Crippen LogP contribution is 2.32. The number of aromatic nitrogens is 2. The van der Waals surface area contributed by atoms with Crippen molar-refractivity contribution in [2.45, 2.75) is 52.2 Å². The minimum absolute atomic E-state index is 0.311. The molecule has 0 radical (unpaired) electrons. The number of carbonyl (C=O) groups is 1. The molecule has 1 aromatic heterocycles. The topological polar surface area (TPSA) is 50.6 Å². The third-order valence-electron chi connectivity index (χ3n) is 5.45. The van der Waals surface area contributed by atoms with Gasteiger partial charge in [-0.15, -0.1) is 0 Å².